The summed E-state index contributed by atoms with van der Waals surface area (Å²) in [6.07, 6.45) is -0.674. The summed E-state index contributed by atoms with van der Waals surface area (Å²) < 4.78 is 19.1. The summed E-state index contributed by atoms with van der Waals surface area (Å²) in [7, 11) is 0. The molecule has 0 radical (unpaired) electrons. The Morgan fingerprint density at radius 1 is 1.41 bits per heavy atom. The van der Waals surface area contributed by atoms with E-state index in [1.165, 1.54) is 6.07 Å². The van der Waals surface area contributed by atoms with E-state index in [1.807, 2.05) is 0 Å². The molecule has 0 unspecified atom stereocenters. The number of ether oxygens (including phenoxy) is 1. The Hall–Kier alpha value is -1.10. The number of carbonyl (C=O) groups excluding carboxylic acids is 1. The number of rotatable bonds is 1. The first-order valence-electron chi connectivity index (χ1n) is 5.15. The fourth-order valence-electron chi connectivity index (χ4n) is 1.16. The molecular weight excluding hydrogens is 289 g/mol. The molecule has 0 bridgehead atoms. The minimum atomic E-state index is -0.674. The summed E-state index contributed by atoms with van der Waals surface area (Å²) in [5.74, 6) is -0.504. The molecule has 1 amide bonds. The van der Waals surface area contributed by atoms with E-state index in [2.05, 4.69) is 21.2 Å². The summed E-state index contributed by atoms with van der Waals surface area (Å²) in [6, 6.07) is 3.21. The number of hydrogen-bond acceptors (Lipinski definition) is 2. The first-order chi connectivity index (χ1) is 7.70. The van der Waals surface area contributed by atoms with Gasteiger partial charge >= 0.3 is 6.09 Å². The largest absolute Gasteiger partial charge is 0.444 e. The predicted molar refractivity (Wildman–Crippen MR) is 68.7 cm³/mol. The van der Waals surface area contributed by atoms with E-state index in [4.69, 9.17) is 4.74 Å². The van der Waals surface area contributed by atoms with Gasteiger partial charge in [0.1, 0.15) is 5.60 Å². The van der Waals surface area contributed by atoms with Gasteiger partial charge in [-0.2, -0.15) is 0 Å². The van der Waals surface area contributed by atoms with Crippen molar-refractivity contribution in [2.45, 2.75) is 33.3 Å². The average Bonchev–Trinajstić information content (AvgIpc) is 2.16. The Morgan fingerprint density at radius 3 is 2.53 bits per heavy atom. The van der Waals surface area contributed by atoms with Crippen molar-refractivity contribution < 1.29 is 13.9 Å². The molecule has 0 spiro atoms. The molecule has 0 atom stereocenters. The second-order valence-electron chi connectivity index (χ2n) is 4.68. The number of benzene rings is 1. The molecule has 0 aromatic heterocycles. The number of hydrogen-bond donors (Lipinski definition) is 1. The van der Waals surface area contributed by atoms with Crippen LogP contribution in [0, 0.1) is 12.7 Å². The van der Waals surface area contributed by atoms with Crippen molar-refractivity contribution in [1.82, 2.24) is 0 Å². The van der Waals surface area contributed by atoms with Crippen molar-refractivity contribution in [2.24, 2.45) is 0 Å². The van der Waals surface area contributed by atoms with Gasteiger partial charge in [-0.25, -0.2) is 9.18 Å². The van der Waals surface area contributed by atoms with E-state index in [0.717, 1.165) is 5.56 Å². The number of amides is 1. The van der Waals surface area contributed by atoms with Gasteiger partial charge in [0.15, 0.2) is 5.82 Å². The van der Waals surface area contributed by atoms with Gasteiger partial charge in [-0.3, -0.25) is 5.32 Å². The molecule has 0 fully saturated rings. The third-order valence-corrected chi connectivity index (χ3v) is 2.88. The Labute approximate surface area is 108 Å². The monoisotopic (exact) mass is 303 g/mol. The molecule has 0 aliphatic carbocycles. The molecule has 17 heavy (non-hydrogen) atoms. The number of carbonyl (C=O) groups is 1. The highest BCUT2D eigenvalue weighted by molar-refractivity contribution is 9.10. The molecule has 1 aromatic carbocycles. The predicted octanol–water partition coefficient (Wildman–Crippen LogP) is 4.24. The molecular formula is C12H15BrFNO2. The Morgan fingerprint density at radius 2 is 2.00 bits per heavy atom. The molecule has 1 rings (SSSR count). The van der Waals surface area contributed by atoms with Gasteiger partial charge in [0.05, 0.1) is 10.2 Å². The SMILES string of the molecule is Cc1ccc(NC(=O)OC(C)(C)C)c(F)c1Br. The summed E-state index contributed by atoms with van der Waals surface area (Å²) in [6.45, 7) is 7.00. The van der Waals surface area contributed by atoms with Crippen molar-refractivity contribution in [2.75, 3.05) is 5.32 Å². The minimum Gasteiger partial charge on any atom is -0.444 e. The van der Waals surface area contributed by atoms with Crippen LogP contribution in [-0.4, -0.2) is 11.7 Å². The van der Waals surface area contributed by atoms with Crippen molar-refractivity contribution in [3.63, 3.8) is 0 Å². The Bertz CT molecular complexity index is 441. The number of nitrogens with one attached hydrogen (secondary N) is 1. The van der Waals surface area contributed by atoms with Gasteiger partial charge in [-0.05, 0) is 55.3 Å². The molecule has 0 saturated heterocycles. The van der Waals surface area contributed by atoms with Crippen LogP contribution in [0.5, 0.6) is 0 Å². The molecule has 1 aromatic rings. The van der Waals surface area contributed by atoms with Crippen LogP contribution in [0.3, 0.4) is 0 Å². The summed E-state index contributed by atoms with van der Waals surface area (Å²) in [4.78, 5) is 11.5. The van der Waals surface area contributed by atoms with Crippen molar-refractivity contribution in [1.29, 1.82) is 0 Å². The van der Waals surface area contributed by atoms with Crippen LogP contribution in [0.2, 0.25) is 0 Å². The van der Waals surface area contributed by atoms with Gasteiger partial charge in [0, 0.05) is 0 Å². The Balaban J connectivity index is 2.83. The number of anilines is 1. The van der Waals surface area contributed by atoms with E-state index in [9.17, 15) is 9.18 Å². The second-order valence-corrected chi connectivity index (χ2v) is 5.48. The smallest absolute Gasteiger partial charge is 0.412 e. The zero-order valence-corrected chi connectivity index (χ0v) is 11.8. The first-order valence-corrected chi connectivity index (χ1v) is 5.94. The summed E-state index contributed by atoms with van der Waals surface area (Å²) >= 11 is 3.11. The zero-order chi connectivity index (χ0) is 13.2. The lowest BCUT2D eigenvalue weighted by Crippen LogP contribution is -2.27. The molecule has 1 N–H and O–H groups in total. The van der Waals surface area contributed by atoms with Crippen LogP contribution >= 0.6 is 15.9 Å². The van der Waals surface area contributed by atoms with Crippen LogP contribution < -0.4 is 5.32 Å². The normalized spacial score (nSPS) is 11.2. The topological polar surface area (TPSA) is 38.3 Å². The third kappa shape index (κ3) is 4.00. The van der Waals surface area contributed by atoms with Crippen molar-refractivity contribution in [3.05, 3.63) is 28.0 Å². The molecule has 0 aliphatic rings. The molecule has 0 saturated carbocycles. The van der Waals surface area contributed by atoms with E-state index < -0.39 is 17.5 Å². The maximum absolute atomic E-state index is 13.7. The van der Waals surface area contributed by atoms with Gasteiger partial charge in [-0.15, -0.1) is 0 Å². The standard InChI is InChI=1S/C12H15BrFNO2/c1-7-5-6-8(10(14)9(7)13)15-11(16)17-12(2,3)4/h5-6H,1-4H3,(H,15,16). The van der Waals surface area contributed by atoms with E-state index >= 15 is 0 Å². The summed E-state index contributed by atoms with van der Waals surface area (Å²) in [5, 5.41) is 2.37. The molecule has 0 aliphatic heterocycles. The van der Waals surface area contributed by atoms with Crippen LogP contribution in [0.4, 0.5) is 14.9 Å². The van der Waals surface area contributed by atoms with Gasteiger partial charge in [0.25, 0.3) is 0 Å². The van der Waals surface area contributed by atoms with Crippen molar-refractivity contribution in [3.8, 4) is 0 Å². The quantitative estimate of drug-likeness (QED) is 0.842. The molecule has 0 heterocycles. The van der Waals surface area contributed by atoms with Gasteiger partial charge in [-0.1, -0.05) is 6.07 Å². The third-order valence-electron chi connectivity index (χ3n) is 1.91. The lowest BCUT2D eigenvalue weighted by atomic mass is 10.2. The van der Waals surface area contributed by atoms with Crippen molar-refractivity contribution >= 4 is 27.7 Å². The highest BCUT2D eigenvalue weighted by Crippen LogP contribution is 2.26. The van der Waals surface area contributed by atoms with Crippen LogP contribution in [0.25, 0.3) is 0 Å². The fraction of sp³-hybridized carbons (Fsp3) is 0.417. The lowest BCUT2D eigenvalue weighted by Gasteiger charge is -2.20. The molecule has 94 valence electrons. The van der Waals surface area contributed by atoms with E-state index in [0.29, 0.717) is 4.47 Å². The van der Waals surface area contributed by atoms with Crippen LogP contribution in [0.1, 0.15) is 26.3 Å². The Kier molecular flexibility index (Phi) is 4.14. The average molecular weight is 304 g/mol. The maximum Gasteiger partial charge on any atom is 0.412 e. The lowest BCUT2D eigenvalue weighted by molar-refractivity contribution is 0.0635. The highest BCUT2D eigenvalue weighted by atomic mass is 79.9. The fourth-order valence-corrected chi connectivity index (χ4v) is 1.50. The van der Waals surface area contributed by atoms with Gasteiger partial charge in [0.2, 0.25) is 0 Å². The number of aryl methyl sites for hydroxylation is 1. The maximum atomic E-state index is 13.7. The summed E-state index contributed by atoms with van der Waals surface area (Å²) in [5.41, 5.74) is 0.247. The van der Waals surface area contributed by atoms with Gasteiger partial charge < -0.3 is 4.74 Å². The van der Waals surface area contributed by atoms with E-state index in [1.54, 1.807) is 33.8 Å². The molecule has 5 heteroatoms. The first kappa shape index (κ1) is 14.0. The minimum absolute atomic E-state index is 0.0942. The molecule has 3 nitrogen and oxygen atoms in total. The zero-order valence-electron chi connectivity index (χ0n) is 10.2. The van der Waals surface area contributed by atoms with Crippen LogP contribution in [0.15, 0.2) is 16.6 Å². The number of halogens is 2. The highest BCUT2D eigenvalue weighted by Gasteiger charge is 2.18. The second kappa shape index (κ2) is 5.04. The van der Waals surface area contributed by atoms with Crippen LogP contribution in [-0.2, 0) is 4.74 Å². The van der Waals surface area contributed by atoms with E-state index in [-0.39, 0.29) is 5.69 Å².